The molecule has 96 valence electrons. The normalized spacial score (nSPS) is 17.8. The lowest BCUT2D eigenvalue weighted by Gasteiger charge is -2.37. The molecule has 1 aliphatic rings. The molecule has 0 unspecified atom stereocenters. The van der Waals surface area contributed by atoms with E-state index in [-0.39, 0.29) is 5.02 Å². The van der Waals surface area contributed by atoms with Crippen LogP contribution in [0.15, 0.2) is 23.2 Å². The van der Waals surface area contributed by atoms with Crippen LogP contribution in [0.2, 0.25) is 5.02 Å². The molecule has 1 saturated carbocycles. The van der Waals surface area contributed by atoms with E-state index in [0.717, 1.165) is 18.6 Å². The maximum Gasteiger partial charge on any atom is 0.416 e. The van der Waals surface area contributed by atoms with Crippen molar-refractivity contribution in [2.45, 2.75) is 31.0 Å². The number of carbonyl (C=O) groups excluding carboxylic acids is 1. The highest BCUT2D eigenvalue weighted by molar-refractivity contribution is 6.30. The average molecular weight is 276 g/mol. The number of halogens is 4. The molecule has 0 radical (unpaired) electrons. The van der Waals surface area contributed by atoms with Gasteiger partial charge in [0.15, 0.2) is 0 Å². The van der Waals surface area contributed by atoms with Gasteiger partial charge in [0.2, 0.25) is 6.08 Å². The first-order chi connectivity index (χ1) is 8.37. The quantitative estimate of drug-likeness (QED) is 0.591. The molecule has 0 bridgehead atoms. The molecule has 1 aromatic rings. The van der Waals surface area contributed by atoms with Gasteiger partial charge in [-0.2, -0.15) is 18.2 Å². The fraction of sp³-hybridized carbons (Fsp3) is 0.417. The second-order valence-electron chi connectivity index (χ2n) is 4.31. The molecule has 6 heteroatoms. The number of aliphatic imine (C=N–C) groups is 1. The molecule has 2 rings (SSSR count). The average Bonchev–Trinajstić information content (AvgIpc) is 2.21. The highest BCUT2D eigenvalue weighted by Crippen LogP contribution is 2.46. The molecule has 0 atom stereocenters. The van der Waals surface area contributed by atoms with E-state index >= 15 is 0 Å². The van der Waals surface area contributed by atoms with Crippen LogP contribution in [0.5, 0.6) is 0 Å². The first-order valence-corrected chi connectivity index (χ1v) is 5.72. The van der Waals surface area contributed by atoms with E-state index in [1.807, 2.05) is 0 Å². The van der Waals surface area contributed by atoms with Crippen LogP contribution < -0.4 is 0 Å². The standard InChI is InChI=1S/C12H9ClF3NO/c13-10-5-8(4-9(6-10)12(14,15)16)11(17-7-18)2-1-3-11/h4-6H,1-3H2. The molecule has 1 fully saturated rings. The maximum absolute atomic E-state index is 12.7. The Morgan fingerprint density at radius 2 is 1.94 bits per heavy atom. The van der Waals surface area contributed by atoms with Gasteiger partial charge < -0.3 is 0 Å². The molecule has 0 aromatic heterocycles. The van der Waals surface area contributed by atoms with E-state index in [9.17, 15) is 18.0 Å². The Bertz CT molecular complexity index is 517. The summed E-state index contributed by atoms with van der Waals surface area (Å²) in [6.45, 7) is 0. The summed E-state index contributed by atoms with van der Waals surface area (Å²) in [5, 5.41) is -0.00722. The molecule has 0 spiro atoms. The van der Waals surface area contributed by atoms with E-state index in [1.54, 1.807) is 0 Å². The third-order valence-corrected chi connectivity index (χ3v) is 3.42. The number of alkyl halides is 3. The number of benzene rings is 1. The van der Waals surface area contributed by atoms with Crippen LogP contribution in [-0.4, -0.2) is 6.08 Å². The van der Waals surface area contributed by atoms with Crippen LogP contribution >= 0.6 is 11.6 Å². The summed E-state index contributed by atoms with van der Waals surface area (Å²) in [5.74, 6) is 0. The number of hydrogen-bond donors (Lipinski definition) is 0. The summed E-state index contributed by atoms with van der Waals surface area (Å²) >= 11 is 5.70. The van der Waals surface area contributed by atoms with Gasteiger partial charge in [0.05, 0.1) is 11.1 Å². The Labute approximate surface area is 106 Å². The minimum Gasteiger partial charge on any atom is -0.211 e. The molecule has 0 amide bonds. The second-order valence-corrected chi connectivity index (χ2v) is 4.75. The lowest BCUT2D eigenvalue weighted by atomic mass is 9.72. The third kappa shape index (κ3) is 2.28. The maximum atomic E-state index is 12.7. The van der Waals surface area contributed by atoms with Crippen LogP contribution in [0.1, 0.15) is 30.4 Å². The number of hydrogen-bond acceptors (Lipinski definition) is 2. The van der Waals surface area contributed by atoms with Crippen molar-refractivity contribution in [1.82, 2.24) is 0 Å². The monoisotopic (exact) mass is 275 g/mol. The summed E-state index contributed by atoms with van der Waals surface area (Å²) in [5.41, 5.74) is -1.36. The van der Waals surface area contributed by atoms with E-state index in [1.165, 1.54) is 12.1 Å². The van der Waals surface area contributed by atoms with Crippen molar-refractivity contribution in [3.05, 3.63) is 34.3 Å². The molecule has 0 heterocycles. The second kappa shape index (κ2) is 4.41. The smallest absolute Gasteiger partial charge is 0.211 e. The van der Waals surface area contributed by atoms with E-state index in [4.69, 9.17) is 11.6 Å². The van der Waals surface area contributed by atoms with Gasteiger partial charge in [-0.1, -0.05) is 11.6 Å². The van der Waals surface area contributed by atoms with Crippen LogP contribution in [-0.2, 0) is 16.5 Å². The summed E-state index contributed by atoms with van der Waals surface area (Å²) < 4.78 is 38.0. The van der Waals surface area contributed by atoms with Crippen molar-refractivity contribution in [3.8, 4) is 0 Å². The van der Waals surface area contributed by atoms with E-state index in [2.05, 4.69) is 4.99 Å². The molecule has 1 aliphatic carbocycles. The number of nitrogens with zero attached hydrogens (tertiary/aromatic N) is 1. The van der Waals surface area contributed by atoms with Crippen molar-refractivity contribution in [2.75, 3.05) is 0 Å². The Hall–Kier alpha value is -1.32. The van der Waals surface area contributed by atoms with Gasteiger partial charge in [-0.25, -0.2) is 4.79 Å². The van der Waals surface area contributed by atoms with Crippen molar-refractivity contribution >= 4 is 17.7 Å². The zero-order valence-corrected chi connectivity index (χ0v) is 9.98. The Balaban J connectivity index is 2.51. The van der Waals surface area contributed by atoms with Crippen molar-refractivity contribution in [3.63, 3.8) is 0 Å². The molecule has 2 nitrogen and oxygen atoms in total. The topological polar surface area (TPSA) is 29.4 Å². The molecule has 0 aliphatic heterocycles. The lowest BCUT2D eigenvalue weighted by Crippen LogP contribution is -2.32. The largest absolute Gasteiger partial charge is 0.416 e. The van der Waals surface area contributed by atoms with E-state index < -0.39 is 17.3 Å². The Kier molecular flexibility index (Phi) is 3.21. The molecule has 0 saturated heterocycles. The summed E-state index contributed by atoms with van der Waals surface area (Å²) in [4.78, 5) is 14.1. The summed E-state index contributed by atoms with van der Waals surface area (Å²) in [6, 6.07) is 3.30. The van der Waals surface area contributed by atoms with E-state index in [0.29, 0.717) is 18.4 Å². The van der Waals surface area contributed by atoms with Gasteiger partial charge in [0.25, 0.3) is 0 Å². The minimum absolute atomic E-state index is 0.00722. The van der Waals surface area contributed by atoms with Crippen molar-refractivity contribution < 1.29 is 18.0 Å². The number of rotatable bonds is 2. The van der Waals surface area contributed by atoms with Gasteiger partial charge >= 0.3 is 6.18 Å². The highest BCUT2D eigenvalue weighted by Gasteiger charge is 2.41. The van der Waals surface area contributed by atoms with Crippen LogP contribution in [0.4, 0.5) is 13.2 Å². The van der Waals surface area contributed by atoms with Crippen LogP contribution in [0.25, 0.3) is 0 Å². The minimum atomic E-state index is -4.46. The molecular formula is C12H9ClF3NO. The van der Waals surface area contributed by atoms with Gasteiger partial charge in [-0.05, 0) is 43.0 Å². The predicted molar refractivity (Wildman–Crippen MR) is 60.1 cm³/mol. The molecule has 1 aromatic carbocycles. The van der Waals surface area contributed by atoms with Crippen molar-refractivity contribution in [1.29, 1.82) is 0 Å². The summed E-state index contributed by atoms with van der Waals surface area (Å²) in [7, 11) is 0. The zero-order chi connectivity index (χ0) is 13.4. The van der Waals surface area contributed by atoms with Gasteiger partial charge in [-0.15, -0.1) is 0 Å². The molecule has 18 heavy (non-hydrogen) atoms. The Morgan fingerprint density at radius 1 is 1.28 bits per heavy atom. The number of isocyanates is 1. The zero-order valence-electron chi connectivity index (χ0n) is 9.22. The first kappa shape index (κ1) is 13.1. The molecule has 0 N–H and O–H groups in total. The van der Waals surface area contributed by atoms with Gasteiger partial charge in [0.1, 0.15) is 0 Å². The fourth-order valence-corrected chi connectivity index (χ4v) is 2.32. The van der Waals surface area contributed by atoms with Crippen molar-refractivity contribution in [2.24, 2.45) is 4.99 Å². The first-order valence-electron chi connectivity index (χ1n) is 5.35. The van der Waals surface area contributed by atoms with Crippen LogP contribution in [0.3, 0.4) is 0 Å². The fourth-order valence-electron chi connectivity index (χ4n) is 2.09. The van der Waals surface area contributed by atoms with Crippen LogP contribution in [0, 0.1) is 0 Å². The lowest BCUT2D eigenvalue weighted by molar-refractivity contribution is -0.137. The predicted octanol–water partition coefficient (Wildman–Crippen LogP) is 4.07. The highest BCUT2D eigenvalue weighted by atomic mass is 35.5. The third-order valence-electron chi connectivity index (χ3n) is 3.20. The SMILES string of the molecule is O=C=NC1(c2cc(Cl)cc(C(F)(F)F)c2)CCC1. The van der Waals surface area contributed by atoms with Gasteiger partial charge in [-0.3, -0.25) is 0 Å². The summed E-state index contributed by atoms with van der Waals surface area (Å²) in [6.07, 6.45) is -1.12. The van der Waals surface area contributed by atoms with Gasteiger partial charge in [0, 0.05) is 5.02 Å². The Morgan fingerprint density at radius 3 is 2.39 bits per heavy atom. The molecular weight excluding hydrogens is 267 g/mol.